The fourth-order valence-electron chi connectivity index (χ4n) is 1.40. The molecule has 0 aromatic carbocycles. The number of thiophene rings is 2. The van der Waals surface area contributed by atoms with Gasteiger partial charge in [0.05, 0.1) is 0 Å². The minimum atomic E-state index is -3.72. The standard InChI is InChI=1S/C11H11NO3S3/c1-7-3-4-9(16-7)10-5-6-11(17-10)18(14,15)12-8(2)13/h3-6H,1-2H3,(H,12,13). The van der Waals surface area contributed by atoms with Gasteiger partial charge >= 0.3 is 0 Å². The summed E-state index contributed by atoms with van der Waals surface area (Å²) in [5.41, 5.74) is 0. The van der Waals surface area contributed by atoms with E-state index >= 15 is 0 Å². The van der Waals surface area contributed by atoms with Gasteiger partial charge in [0.15, 0.2) is 0 Å². The van der Waals surface area contributed by atoms with Crippen molar-refractivity contribution in [2.45, 2.75) is 18.1 Å². The van der Waals surface area contributed by atoms with Gasteiger partial charge in [-0.05, 0) is 31.2 Å². The van der Waals surface area contributed by atoms with Crippen LogP contribution in [0, 0.1) is 6.92 Å². The SMILES string of the molecule is CC(=O)NS(=O)(=O)c1ccc(-c2ccc(C)s2)s1. The van der Waals surface area contributed by atoms with Crippen molar-refractivity contribution in [3.63, 3.8) is 0 Å². The molecule has 2 aromatic rings. The second-order valence-electron chi connectivity index (χ2n) is 3.69. The lowest BCUT2D eigenvalue weighted by molar-refractivity contribution is -0.117. The average Bonchev–Trinajstić information content (AvgIpc) is 2.83. The molecule has 18 heavy (non-hydrogen) atoms. The van der Waals surface area contributed by atoms with Gasteiger partial charge in [0.1, 0.15) is 4.21 Å². The van der Waals surface area contributed by atoms with E-state index in [2.05, 4.69) is 0 Å². The minimum absolute atomic E-state index is 0.152. The zero-order chi connectivity index (χ0) is 13.3. The lowest BCUT2D eigenvalue weighted by Gasteiger charge is -2.00. The highest BCUT2D eigenvalue weighted by Gasteiger charge is 2.18. The zero-order valence-electron chi connectivity index (χ0n) is 9.76. The molecule has 0 atom stereocenters. The summed E-state index contributed by atoms with van der Waals surface area (Å²) < 4.78 is 25.7. The summed E-state index contributed by atoms with van der Waals surface area (Å²) in [6, 6.07) is 7.22. The van der Waals surface area contributed by atoms with Crippen molar-refractivity contribution in [3.05, 3.63) is 29.1 Å². The van der Waals surface area contributed by atoms with E-state index in [-0.39, 0.29) is 4.21 Å². The minimum Gasteiger partial charge on any atom is -0.274 e. The molecule has 0 aliphatic rings. The van der Waals surface area contributed by atoms with E-state index in [4.69, 9.17) is 0 Å². The number of rotatable bonds is 3. The van der Waals surface area contributed by atoms with E-state index in [0.717, 1.165) is 21.1 Å². The first-order chi connectivity index (χ1) is 8.38. The van der Waals surface area contributed by atoms with E-state index in [9.17, 15) is 13.2 Å². The number of sulfonamides is 1. The first kappa shape index (κ1) is 13.3. The summed E-state index contributed by atoms with van der Waals surface area (Å²) in [6.45, 7) is 3.17. The quantitative estimate of drug-likeness (QED) is 0.948. The molecule has 0 radical (unpaired) electrons. The fourth-order valence-corrected chi connectivity index (χ4v) is 4.66. The van der Waals surface area contributed by atoms with Crippen LogP contribution in [0.3, 0.4) is 0 Å². The molecule has 7 heteroatoms. The van der Waals surface area contributed by atoms with E-state index in [1.54, 1.807) is 17.4 Å². The van der Waals surface area contributed by atoms with Gasteiger partial charge in [0.2, 0.25) is 5.91 Å². The smallest absolute Gasteiger partial charge is 0.273 e. The third kappa shape index (κ3) is 2.80. The van der Waals surface area contributed by atoms with Crippen LogP contribution < -0.4 is 4.72 Å². The van der Waals surface area contributed by atoms with Crippen molar-refractivity contribution >= 4 is 38.6 Å². The number of hydrogen-bond donors (Lipinski definition) is 1. The maximum absolute atomic E-state index is 11.8. The maximum atomic E-state index is 11.8. The lowest BCUT2D eigenvalue weighted by atomic mass is 10.4. The van der Waals surface area contributed by atoms with Crippen LogP contribution in [-0.4, -0.2) is 14.3 Å². The van der Waals surface area contributed by atoms with E-state index in [1.165, 1.54) is 17.9 Å². The van der Waals surface area contributed by atoms with Gasteiger partial charge in [-0.15, -0.1) is 22.7 Å². The van der Waals surface area contributed by atoms with Gasteiger partial charge in [0.25, 0.3) is 10.0 Å². The highest BCUT2D eigenvalue weighted by Crippen LogP contribution is 2.34. The first-order valence-corrected chi connectivity index (χ1v) is 8.20. The fraction of sp³-hybridized carbons (Fsp3) is 0.182. The second-order valence-corrected chi connectivity index (χ2v) is 7.97. The van der Waals surface area contributed by atoms with Gasteiger partial charge in [-0.1, -0.05) is 0 Å². The molecular formula is C11H11NO3S3. The molecule has 0 unspecified atom stereocenters. The Labute approximate surface area is 113 Å². The van der Waals surface area contributed by atoms with Crippen LogP contribution in [-0.2, 0) is 14.8 Å². The molecule has 0 spiro atoms. The topological polar surface area (TPSA) is 63.2 Å². The molecule has 2 heterocycles. The summed E-state index contributed by atoms with van der Waals surface area (Å²) in [4.78, 5) is 13.9. The Morgan fingerprint density at radius 3 is 2.28 bits per heavy atom. The van der Waals surface area contributed by atoms with Gasteiger partial charge in [-0.2, -0.15) is 0 Å². The van der Waals surface area contributed by atoms with Gasteiger partial charge in [-0.25, -0.2) is 13.1 Å². The van der Waals surface area contributed by atoms with Crippen LogP contribution in [0.5, 0.6) is 0 Å². The third-order valence-electron chi connectivity index (χ3n) is 2.11. The number of aryl methyl sites for hydroxylation is 1. The highest BCUT2D eigenvalue weighted by atomic mass is 32.2. The van der Waals surface area contributed by atoms with Crippen molar-refractivity contribution in [1.82, 2.24) is 4.72 Å². The summed E-state index contributed by atoms with van der Waals surface area (Å²) in [6.07, 6.45) is 0. The van der Waals surface area contributed by atoms with Gasteiger partial charge in [-0.3, -0.25) is 4.79 Å². The molecule has 0 aliphatic heterocycles. The molecule has 0 aliphatic carbocycles. The van der Waals surface area contributed by atoms with Crippen LogP contribution in [0.4, 0.5) is 0 Å². The summed E-state index contributed by atoms with van der Waals surface area (Å²) in [5.74, 6) is -0.586. The molecule has 2 aromatic heterocycles. The molecule has 1 N–H and O–H groups in total. The lowest BCUT2D eigenvalue weighted by Crippen LogP contribution is -2.27. The molecule has 0 fully saturated rings. The Morgan fingerprint density at radius 1 is 1.11 bits per heavy atom. The molecule has 2 rings (SSSR count). The summed E-state index contributed by atoms with van der Waals surface area (Å²) in [5, 5.41) is 0. The monoisotopic (exact) mass is 301 g/mol. The van der Waals surface area contributed by atoms with Crippen LogP contribution in [0.25, 0.3) is 9.75 Å². The molecule has 0 saturated carbocycles. The Kier molecular flexibility index (Phi) is 3.56. The summed E-state index contributed by atoms with van der Waals surface area (Å²) in [7, 11) is -3.72. The maximum Gasteiger partial charge on any atom is 0.273 e. The molecular weight excluding hydrogens is 290 g/mol. The van der Waals surface area contributed by atoms with Crippen molar-refractivity contribution in [1.29, 1.82) is 0 Å². The van der Waals surface area contributed by atoms with Crippen LogP contribution >= 0.6 is 22.7 Å². The van der Waals surface area contributed by atoms with E-state index in [1.807, 2.05) is 23.8 Å². The molecule has 4 nitrogen and oxygen atoms in total. The number of carbonyl (C=O) groups is 1. The average molecular weight is 301 g/mol. The van der Waals surface area contributed by atoms with E-state index in [0.29, 0.717) is 0 Å². The van der Waals surface area contributed by atoms with Gasteiger partial charge < -0.3 is 0 Å². The highest BCUT2D eigenvalue weighted by molar-refractivity contribution is 7.92. The summed E-state index contributed by atoms with van der Waals surface area (Å²) >= 11 is 2.76. The van der Waals surface area contributed by atoms with E-state index < -0.39 is 15.9 Å². The number of hydrogen-bond acceptors (Lipinski definition) is 5. The second kappa shape index (κ2) is 4.83. The van der Waals surface area contributed by atoms with Crippen LogP contribution in [0.15, 0.2) is 28.5 Å². The van der Waals surface area contributed by atoms with Crippen LogP contribution in [0.2, 0.25) is 0 Å². The van der Waals surface area contributed by atoms with Crippen molar-refractivity contribution < 1.29 is 13.2 Å². The number of amides is 1. The third-order valence-corrected chi connectivity index (χ3v) is 6.31. The normalized spacial score (nSPS) is 11.4. The molecule has 1 amide bonds. The largest absolute Gasteiger partial charge is 0.274 e. The van der Waals surface area contributed by atoms with Gasteiger partial charge in [0, 0.05) is 21.6 Å². The Morgan fingerprint density at radius 2 is 1.72 bits per heavy atom. The number of carbonyl (C=O) groups excluding carboxylic acids is 1. The predicted octanol–water partition coefficient (Wildman–Crippen LogP) is 2.61. The van der Waals surface area contributed by atoms with Crippen molar-refractivity contribution in [2.24, 2.45) is 0 Å². The first-order valence-electron chi connectivity index (χ1n) is 5.08. The van der Waals surface area contributed by atoms with Crippen molar-refractivity contribution in [3.8, 4) is 9.75 Å². The van der Waals surface area contributed by atoms with Crippen molar-refractivity contribution in [2.75, 3.05) is 0 Å². The molecule has 96 valence electrons. The zero-order valence-corrected chi connectivity index (χ0v) is 12.2. The molecule has 0 bridgehead atoms. The Hall–Kier alpha value is -1.18. The predicted molar refractivity (Wildman–Crippen MR) is 73.4 cm³/mol. The number of nitrogens with one attached hydrogen (secondary N) is 1. The molecule has 0 saturated heterocycles. The Bertz CT molecular complexity index is 682. The van der Waals surface area contributed by atoms with Crippen LogP contribution in [0.1, 0.15) is 11.8 Å². The Balaban J connectivity index is 2.34.